The molecule has 104 valence electrons. The Balaban J connectivity index is 1.76. The third kappa shape index (κ3) is 2.68. The third-order valence-corrected chi connectivity index (χ3v) is 4.51. The van der Waals surface area contributed by atoms with Crippen molar-refractivity contribution in [2.75, 3.05) is 38.2 Å². The minimum Gasteiger partial charge on any atom is -0.481 e. The first-order valence-electron chi connectivity index (χ1n) is 7.27. The average Bonchev–Trinajstić information content (AvgIpc) is 2.48. The normalized spacial score (nSPS) is 27.5. The summed E-state index contributed by atoms with van der Waals surface area (Å²) in [6, 6.07) is 4.15. The molecule has 2 aliphatic heterocycles. The summed E-state index contributed by atoms with van der Waals surface area (Å²) in [7, 11) is 1.68. The van der Waals surface area contributed by atoms with Crippen molar-refractivity contribution >= 4 is 5.69 Å². The molecule has 4 heteroatoms. The van der Waals surface area contributed by atoms with Gasteiger partial charge in [-0.3, -0.25) is 0 Å². The average molecular weight is 261 g/mol. The molecule has 1 atom stereocenters. The van der Waals surface area contributed by atoms with Gasteiger partial charge in [-0.1, -0.05) is 0 Å². The van der Waals surface area contributed by atoms with E-state index in [1.165, 1.54) is 44.5 Å². The Morgan fingerprint density at radius 1 is 1.37 bits per heavy atom. The first-order valence-corrected chi connectivity index (χ1v) is 7.27. The molecule has 0 aliphatic carbocycles. The maximum Gasteiger partial charge on any atom is 0.214 e. The topological polar surface area (TPSA) is 37.4 Å². The number of hydrogen-bond acceptors (Lipinski definition) is 4. The van der Waals surface area contributed by atoms with Gasteiger partial charge in [0, 0.05) is 43.0 Å². The molecule has 0 bridgehead atoms. The molecule has 1 aromatic heterocycles. The van der Waals surface area contributed by atoms with Gasteiger partial charge in [0.05, 0.1) is 7.11 Å². The fraction of sp³-hybridized carbons (Fsp3) is 0.667. The van der Waals surface area contributed by atoms with Crippen LogP contribution in [0.2, 0.25) is 0 Å². The number of nitrogens with one attached hydrogen (secondary N) is 1. The molecule has 1 N–H and O–H groups in total. The van der Waals surface area contributed by atoms with E-state index in [1.54, 1.807) is 7.11 Å². The minimum absolute atomic E-state index is 0.479. The number of hydrogen-bond donors (Lipinski definition) is 1. The number of anilines is 1. The predicted molar refractivity (Wildman–Crippen MR) is 76.8 cm³/mol. The fourth-order valence-corrected chi connectivity index (χ4v) is 3.51. The molecule has 3 heterocycles. The molecule has 1 unspecified atom stereocenters. The maximum atomic E-state index is 5.23. The number of piperidine rings is 2. The van der Waals surface area contributed by atoms with Crippen molar-refractivity contribution in [3.05, 3.63) is 18.3 Å². The third-order valence-electron chi connectivity index (χ3n) is 4.51. The van der Waals surface area contributed by atoms with Gasteiger partial charge in [0.1, 0.15) is 0 Å². The second-order valence-corrected chi connectivity index (χ2v) is 5.86. The van der Waals surface area contributed by atoms with E-state index in [4.69, 9.17) is 4.74 Å². The molecular weight excluding hydrogens is 238 g/mol. The lowest BCUT2D eigenvalue weighted by atomic mass is 9.74. The molecule has 1 aromatic rings. The van der Waals surface area contributed by atoms with Gasteiger partial charge >= 0.3 is 0 Å². The van der Waals surface area contributed by atoms with Crippen LogP contribution in [0.5, 0.6) is 5.88 Å². The fourth-order valence-electron chi connectivity index (χ4n) is 3.51. The quantitative estimate of drug-likeness (QED) is 0.884. The summed E-state index contributed by atoms with van der Waals surface area (Å²) in [5, 5.41) is 3.58. The molecule has 0 saturated carbocycles. The lowest BCUT2D eigenvalue weighted by Gasteiger charge is -2.46. The summed E-state index contributed by atoms with van der Waals surface area (Å²) in [6.07, 6.45) is 7.16. The highest BCUT2D eigenvalue weighted by molar-refractivity contribution is 5.48. The summed E-state index contributed by atoms with van der Waals surface area (Å²) in [5.41, 5.74) is 1.73. The highest BCUT2D eigenvalue weighted by atomic mass is 16.5. The smallest absolute Gasteiger partial charge is 0.214 e. The summed E-state index contributed by atoms with van der Waals surface area (Å²) in [6.45, 7) is 4.67. The number of rotatable bonds is 2. The molecule has 2 fully saturated rings. The highest BCUT2D eigenvalue weighted by Crippen LogP contribution is 2.37. The van der Waals surface area contributed by atoms with Crippen LogP contribution < -0.4 is 15.0 Å². The zero-order valence-corrected chi connectivity index (χ0v) is 11.7. The van der Waals surface area contributed by atoms with E-state index in [2.05, 4.69) is 27.3 Å². The lowest BCUT2D eigenvalue weighted by Crippen LogP contribution is -2.51. The molecule has 0 radical (unpaired) electrons. The van der Waals surface area contributed by atoms with E-state index in [9.17, 15) is 0 Å². The first-order chi connectivity index (χ1) is 9.31. The number of aromatic nitrogens is 1. The van der Waals surface area contributed by atoms with Crippen molar-refractivity contribution < 1.29 is 4.74 Å². The van der Waals surface area contributed by atoms with Gasteiger partial charge in [-0.25, -0.2) is 4.98 Å². The SMILES string of the molecule is COc1cc(N2CCCC3(CCCNC3)C2)ccn1. The van der Waals surface area contributed by atoms with Gasteiger partial charge in [-0.15, -0.1) is 0 Å². The summed E-state index contributed by atoms with van der Waals surface area (Å²) < 4.78 is 5.23. The zero-order valence-electron chi connectivity index (χ0n) is 11.7. The number of ether oxygens (including phenoxy) is 1. The van der Waals surface area contributed by atoms with Crippen molar-refractivity contribution in [2.24, 2.45) is 5.41 Å². The molecular formula is C15H23N3O. The van der Waals surface area contributed by atoms with Gasteiger partial charge in [0.25, 0.3) is 0 Å². The Kier molecular flexibility index (Phi) is 3.60. The van der Waals surface area contributed by atoms with Crippen LogP contribution in [-0.2, 0) is 0 Å². The van der Waals surface area contributed by atoms with Crippen molar-refractivity contribution in [2.45, 2.75) is 25.7 Å². The molecule has 2 aliphatic rings. The number of pyridine rings is 1. The molecule has 0 aromatic carbocycles. The second-order valence-electron chi connectivity index (χ2n) is 5.86. The van der Waals surface area contributed by atoms with Crippen molar-refractivity contribution in [3.8, 4) is 5.88 Å². The monoisotopic (exact) mass is 261 g/mol. The summed E-state index contributed by atoms with van der Waals surface area (Å²) in [5.74, 6) is 0.707. The Morgan fingerprint density at radius 2 is 2.26 bits per heavy atom. The van der Waals surface area contributed by atoms with Gasteiger partial charge < -0.3 is 15.0 Å². The first kappa shape index (κ1) is 12.7. The largest absolute Gasteiger partial charge is 0.481 e. The van der Waals surface area contributed by atoms with E-state index in [1.807, 2.05) is 6.20 Å². The molecule has 0 amide bonds. The van der Waals surface area contributed by atoms with Gasteiger partial charge in [0.2, 0.25) is 5.88 Å². The van der Waals surface area contributed by atoms with Gasteiger partial charge in [-0.05, 0) is 38.3 Å². The van der Waals surface area contributed by atoms with Crippen LogP contribution in [0.3, 0.4) is 0 Å². The number of nitrogens with zero attached hydrogens (tertiary/aromatic N) is 2. The van der Waals surface area contributed by atoms with Crippen LogP contribution in [0.4, 0.5) is 5.69 Å². The maximum absolute atomic E-state index is 5.23. The van der Waals surface area contributed by atoms with Crippen LogP contribution >= 0.6 is 0 Å². The van der Waals surface area contributed by atoms with E-state index in [-0.39, 0.29) is 0 Å². The Labute approximate surface area is 115 Å². The number of methoxy groups -OCH3 is 1. The molecule has 3 rings (SSSR count). The highest BCUT2D eigenvalue weighted by Gasteiger charge is 2.36. The summed E-state index contributed by atoms with van der Waals surface area (Å²) in [4.78, 5) is 6.70. The van der Waals surface area contributed by atoms with Crippen molar-refractivity contribution in [1.82, 2.24) is 10.3 Å². The van der Waals surface area contributed by atoms with Gasteiger partial charge in [0.15, 0.2) is 0 Å². The Hall–Kier alpha value is -1.29. The van der Waals surface area contributed by atoms with Crippen LogP contribution in [0, 0.1) is 5.41 Å². The van der Waals surface area contributed by atoms with E-state index < -0.39 is 0 Å². The lowest BCUT2D eigenvalue weighted by molar-refractivity contribution is 0.173. The van der Waals surface area contributed by atoms with Crippen LogP contribution in [-0.4, -0.2) is 38.3 Å². The van der Waals surface area contributed by atoms with E-state index in [0.717, 1.165) is 13.1 Å². The predicted octanol–water partition coefficient (Wildman–Crippen LogP) is 2.06. The Morgan fingerprint density at radius 3 is 3.05 bits per heavy atom. The molecule has 1 spiro atoms. The van der Waals surface area contributed by atoms with Crippen LogP contribution in [0.25, 0.3) is 0 Å². The van der Waals surface area contributed by atoms with Crippen molar-refractivity contribution in [3.63, 3.8) is 0 Å². The summed E-state index contributed by atoms with van der Waals surface area (Å²) >= 11 is 0. The second kappa shape index (κ2) is 5.37. The standard InChI is InChI=1S/C15H23N3O/c1-19-14-10-13(4-8-17-14)18-9-3-6-15(12-18)5-2-7-16-11-15/h4,8,10,16H,2-3,5-7,9,11-12H2,1H3. The minimum atomic E-state index is 0.479. The molecule has 19 heavy (non-hydrogen) atoms. The van der Waals surface area contributed by atoms with E-state index >= 15 is 0 Å². The Bertz CT molecular complexity index is 424. The van der Waals surface area contributed by atoms with E-state index in [0.29, 0.717) is 11.3 Å². The molecule has 2 saturated heterocycles. The molecule has 4 nitrogen and oxygen atoms in total. The van der Waals surface area contributed by atoms with Crippen LogP contribution in [0.15, 0.2) is 18.3 Å². The van der Waals surface area contributed by atoms with Crippen molar-refractivity contribution in [1.29, 1.82) is 0 Å². The van der Waals surface area contributed by atoms with Crippen LogP contribution in [0.1, 0.15) is 25.7 Å². The zero-order chi connectivity index (χ0) is 13.1. The van der Waals surface area contributed by atoms with Gasteiger partial charge in [-0.2, -0.15) is 0 Å².